The molecule has 2 aromatic rings. The van der Waals surface area contributed by atoms with Crippen molar-refractivity contribution in [2.24, 2.45) is 4.99 Å². The van der Waals surface area contributed by atoms with Gasteiger partial charge in [-0.3, -0.25) is 4.57 Å². The van der Waals surface area contributed by atoms with Crippen LogP contribution in [0.5, 0.6) is 0 Å². The van der Waals surface area contributed by atoms with Crippen LogP contribution in [-0.2, 0) is 0 Å². The molecule has 0 saturated heterocycles. The van der Waals surface area contributed by atoms with Gasteiger partial charge in [-0.05, 0) is 13.0 Å². The molecular weight excluding hydrogens is 231 g/mol. The number of imidazole rings is 1. The van der Waals surface area contributed by atoms with Gasteiger partial charge >= 0.3 is 0 Å². The fourth-order valence-electron chi connectivity index (χ4n) is 1.15. The zero-order chi connectivity index (χ0) is 11.5. The maximum absolute atomic E-state index is 13.4. The number of hydrogen-bond donors (Lipinski definition) is 0. The Morgan fingerprint density at radius 3 is 3.00 bits per heavy atom. The van der Waals surface area contributed by atoms with Crippen molar-refractivity contribution in [3.63, 3.8) is 0 Å². The second-order valence-electron chi connectivity index (χ2n) is 3.09. The van der Waals surface area contributed by atoms with Gasteiger partial charge in [0.25, 0.3) is 0 Å². The summed E-state index contributed by atoms with van der Waals surface area (Å²) in [6.45, 7) is 1.73. The Bertz CT molecular complexity index is 522. The van der Waals surface area contributed by atoms with Crippen molar-refractivity contribution in [3.05, 3.63) is 41.8 Å². The summed E-state index contributed by atoms with van der Waals surface area (Å²) in [5.41, 5.74) is 0. The van der Waals surface area contributed by atoms with Gasteiger partial charge in [-0.2, -0.15) is 0 Å². The van der Waals surface area contributed by atoms with E-state index in [0.717, 1.165) is 0 Å². The SMILES string of the molecule is CC(=Nc1ncc(Cl)cc1F)n1ccnc1. The van der Waals surface area contributed by atoms with Crippen molar-refractivity contribution in [2.75, 3.05) is 0 Å². The van der Waals surface area contributed by atoms with Gasteiger partial charge in [0.2, 0.25) is 0 Å². The predicted molar refractivity (Wildman–Crippen MR) is 59.6 cm³/mol. The molecule has 0 aliphatic heterocycles. The highest BCUT2D eigenvalue weighted by Gasteiger charge is 2.04. The first-order chi connectivity index (χ1) is 7.66. The van der Waals surface area contributed by atoms with Crippen molar-refractivity contribution in [1.29, 1.82) is 0 Å². The number of nitrogens with zero attached hydrogens (tertiary/aromatic N) is 4. The summed E-state index contributed by atoms with van der Waals surface area (Å²) in [5.74, 6) is 0.0359. The molecule has 2 aromatic heterocycles. The van der Waals surface area contributed by atoms with Crippen LogP contribution in [0, 0.1) is 5.82 Å². The minimum atomic E-state index is -0.549. The van der Waals surface area contributed by atoms with Crippen LogP contribution in [0.1, 0.15) is 6.92 Å². The summed E-state index contributed by atoms with van der Waals surface area (Å²) >= 11 is 5.59. The van der Waals surface area contributed by atoms with Crippen LogP contribution in [0.15, 0.2) is 36.0 Å². The van der Waals surface area contributed by atoms with Gasteiger partial charge in [0.05, 0.1) is 5.02 Å². The summed E-state index contributed by atoms with van der Waals surface area (Å²) < 4.78 is 15.0. The Hall–Kier alpha value is -1.75. The van der Waals surface area contributed by atoms with Gasteiger partial charge in [-0.1, -0.05) is 11.6 Å². The van der Waals surface area contributed by atoms with Crippen molar-refractivity contribution in [2.45, 2.75) is 6.92 Å². The molecule has 0 bridgehead atoms. The van der Waals surface area contributed by atoms with Gasteiger partial charge in [0, 0.05) is 18.6 Å². The summed E-state index contributed by atoms with van der Waals surface area (Å²) in [7, 11) is 0. The molecule has 0 aliphatic carbocycles. The highest BCUT2D eigenvalue weighted by atomic mass is 35.5. The van der Waals surface area contributed by atoms with E-state index >= 15 is 0 Å². The highest BCUT2D eigenvalue weighted by Crippen LogP contribution is 2.18. The molecule has 0 saturated carbocycles. The third kappa shape index (κ3) is 2.25. The van der Waals surface area contributed by atoms with Gasteiger partial charge in [-0.15, -0.1) is 0 Å². The number of hydrogen-bond acceptors (Lipinski definition) is 3. The van der Waals surface area contributed by atoms with Gasteiger partial charge < -0.3 is 0 Å². The fourth-order valence-corrected chi connectivity index (χ4v) is 1.30. The fraction of sp³-hybridized carbons (Fsp3) is 0.100. The summed E-state index contributed by atoms with van der Waals surface area (Å²) in [6, 6.07) is 1.18. The lowest BCUT2D eigenvalue weighted by Gasteiger charge is -2.01. The molecule has 0 atom stereocenters. The van der Waals surface area contributed by atoms with Crippen LogP contribution in [0.25, 0.3) is 0 Å². The molecule has 0 unspecified atom stereocenters. The summed E-state index contributed by atoms with van der Waals surface area (Å²) in [5, 5.41) is 0.247. The van der Waals surface area contributed by atoms with E-state index in [9.17, 15) is 4.39 Å². The van der Waals surface area contributed by atoms with Gasteiger partial charge in [-0.25, -0.2) is 19.4 Å². The Balaban J connectivity index is 2.36. The molecule has 0 fully saturated rings. The van der Waals surface area contributed by atoms with E-state index in [0.29, 0.717) is 5.84 Å². The number of halogens is 2. The van der Waals surface area contributed by atoms with E-state index in [-0.39, 0.29) is 10.8 Å². The van der Waals surface area contributed by atoms with Gasteiger partial charge in [0.15, 0.2) is 11.6 Å². The van der Waals surface area contributed by atoms with Crippen molar-refractivity contribution < 1.29 is 4.39 Å². The van der Waals surface area contributed by atoms with Crippen LogP contribution >= 0.6 is 11.6 Å². The van der Waals surface area contributed by atoms with Crippen LogP contribution in [-0.4, -0.2) is 20.4 Å². The number of aromatic nitrogens is 3. The standard InChI is InChI=1S/C10H8ClFN4/c1-7(16-3-2-13-6-16)15-10-9(12)4-8(11)5-14-10/h2-6H,1H3. The average molecular weight is 239 g/mol. The lowest BCUT2D eigenvalue weighted by Crippen LogP contribution is -2.04. The third-order valence-electron chi connectivity index (χ3n) is 1.93. The van der Waals surface area contributed by atoms with Gasteiger partial charge in [0.1, 0.15) is 12.2 Å². The van der Waals surface area contributed by atoms with E-state index in [4.69, 9.17) is 11.6 Å². The zero-order valence-electron chi connectivity index (χ0n) is 8.43. The molecule has 0 aliphatic rings. The van der Waals surface area contributed by atoms with E-state index in [1.54, 1.807) is 30.2 Å². The quantitative estimate of drug-likeness (QED) is 0.566. The average Bonchev–Trinajstić information content (AvgIpc) is 2.75. The summed E-state index contributed by atoms with van der Waals surface area (Å²) in [4.78, 5) is 11.7. The van der Waals surface area contributed by atoms with E-state index in [1.807, 2.05) is 0 Å². The molecule has 2 rings (SSSR count). The van der Waals surface area contributed by atoms with Crippen molar-refractivity contribution in [1.82, 2.24) is 14.5 Å². The monoisotopic (exact) mass is 238 g/mol. The largest absolute Gasteiger partial charge is 0.294 e. The van der Waals surface area contributed by atoms with Crippen LogP contribution in [0.4, 0.5) is 10.2 Å². The van der Waals surface area contributed by atoms with Crippen molar-refractivity contribution >= 4 is 23.3 Å². The normalized spacial score (nSPS) is 11.8. The minimum absolute atomic E-state index is 0.00981. The third-order valence-corrected chi connectivity index (χ3v) is 2.14. The number of rotatable bonds is 1. The molecule has 0 radical (unpaired) electrons. The first-order valence-corrected chi connectivity index (χ1v) is 4.89. The smallest absolute Gasteiger partial charge is 0.190 e. The molecule has 82 valence electrons. The molecule has 6 heteroatoms. The summed E-state index contributed by atoms with van der Waals surface area (Å²) in [6.07, 6.45) is 6.26. The Morgan fingerprint density at radius 1 is 1.56 bits per heavy atom. The van der Waals surface area contributed by atoms with E-state index in [2.05, 4.69) is 15.0 Å². The highest BCUT2D eigenvalue weighted by molar-refractivity contribution is 6.30. The molecule has 16 heavy (non-hydrogen) atoms. The molecule has 0 N–H and O–H groups in total. The molecule has 4 nitrogen and oxygen atoms in total. The zero-order valence-corrected chi connectivity index (χ0v) is 9.19. The van der Waals surface area contributed by atoms with Crippen LogP contribution in [0.3, 0.4) is 0 Å². The maximum Gasteiger partial charge on any atom is 0.190 e. The Labute approximate surface area is 96.4 Å². The van der Waals surface area contributed by atoms with E-state index < -0.39 is 5.82 Å². The van der Waals surface area contributed by atoms with Crippen molar-refractivity contribution in [3.8, 4) is 0 Å². The lowest BCUT2D eigenvalue weighted by molar-refractivity contribution is 0.624. The Kier molecular flexibility index (Phi) is 2.96. The van der Waals surface area contributed by atoms with E-state index in [1.165, 1.54) is 12.3 Å². The number of aliphatic imine (C=N–C) groups is 1. The molecule has 2 heterocycles. The van der Waals surface area contributed by atoms with Crippen LogP contribution in [0.2, 0.25) is 5.02 Å². The molecule has 0 aromatic carbocycles. The second-order valence-corrected chi connectivity index (χ2v) is 3.52. The number of pyridine rings is 1. The Morgan fingerprint density at radius 2 is 2.38 bits per heavy atom. The first-order valence-electron chi connectivity index (χ1n) is 4.51. The predicted octanol–water partition coefficient (Wildman–Crippen LogP) is 2.67. The first kappa shape index (κ1) is 10.8. The topological polar surface area (TPSA) is 43.1 Å². The minimum Gasteiger partial charge on any atom is -0.294 e. The maximum atomic E-state index is 13.4. The molecule has 0 spiro atoms. The lowest BCUT2D eigenvalue weighted by atomic mass is 10.4. The van der Waals surface area contributed by atoms with Crippen LogP contribution < -0.4 is 0 Å². The molecular formula is C10H8ClFN4. The second kappa shape index (κ2) is 4.40. The molecule has 0 amide bonds.